The second kappa shape index (κ2) is 4.83. The van der Waals surface area contributed by atoms with Gasteiger partial charge in [-0.1, -0.05) is 0 Å². The number of amides is 1. The molecular weight excluding hydrogens is 206 g/mol. The van der Waals surface area contributed by atoms with Gasteiger partial charge in [-0.2, -0.15) is 0 Å². The van der Waals surface area contributed by atoms with E-state index in [9.17, 15) is 4.79 Å². The molecule has 0 aromatic carbocycles. The van der Waals surface area contributed by atoms with Crippen LogP contribution in [0.1, 0.15) is 12.8 Å². The van der Waals surface area contributed by atoms with Crippen molar-refractivity contribution in [3.8, 4) is 0 Å². The van der Waals surface area contributed by atoms with Crippen LogP contribution in [0.25, 0.3) is 0 Å². The van der Waals surface area contributed by atoms with Gasteiger partial charge in [-0.25, -0.2) is 4.79 Å². The van der Waals surface area contributed by atoms with Gasteiger partial charge < -0.3 is 15.3 Å². The lowest BCUT2D eigenvalue weighted by Gasteiger charge is -2.33. The normalized spacial score (nSPS) is 20.5. The van der Waals surface area contributed by atoms with Crippen molar-refractivity contribution in [3.05, 3.63) is 24.5 Å². The maximum atomic E-state index is 10.6. The largest absolute Gasteiger partial charge is 0.465 e. The molecule has 1 amide bonds. The number of hydrogen-bond acceptors (Lipinski definition) is 3. The molecule has 2 rings (SSSR count). The zero-order valence-corrected chi connectivity index (χ0v) is 8.97. The molecule has 2 N–H and O–H groups in total. The van der Waals surface area contributed by atoms with Crippen LogP contribution in [0.15, 0.2) is 24.5 Å². The summed E-state index contributed by atoms with van der Waals surface area (Å²) in [7, 11) is 0. The second-order valence-electron chi connectivity index (χ2n) is 3.95. The monoisotopic (exact) mass is 221 g/mol. The third-order valence-corrected chi connectivity index (χ3v) is 2.76. The standard InChI is InChI=1S/C11H15N3O2/c15-11(16)13-9-3-2-6-14(8-9)10-4-1-5-12-7-10/h1,4-5,7,9,13H,2-3,6,8H2,(H,15,16)/t9-/m0/s1. The summed E-state index contributed by atoms with van der Waals surface area (Å²) in [5, 5.41) is 11.2. The first-order valence-electron chi connectivity index (χ1n) is 5.40. The minimum Gasteiger partial charge on any atom is -0.465 e. The Morgan fingerprint density at radius 3 is 3.19 bits per heavy atom. The second-order valence-corrected chi connectivity index (χ2v) is 3.95. The van der Waals surface area contributed by atoms with Crippen LogP contribution < -0.4 is 10.2 Å². The van der Waals surface area contributed by atoms with Gasteiger partial charge in [0.25, 0.3) is 0 Å². The molecular formula is C11H15N3O2. The Kier molecular flexibility index (Phi) is 3.24. The van der Waals surface area contributed by atoms with Crippen molar-refractivity contribution in [2.75, 3.05) is 18.0 Å². The number of piperidine rings is 1. The predicted octanol–water partition coefficient (Wildman–Crippen LogP) is 1.32. The highest BCUT2D eigenvalue weighted by Gasteiger charge is 2.21. The molecule has 1 saturated heterocycles. The summed E-state index contributed by atoms with van der Waals surface area (Å²) in [6.07, 6.45) is 4.50. The minimum absolute atomic E-state index is 0.0199. The molecule has 0 unspecified atom stereocenters. The number of carbonyl (C=O) groups is 1. The van der Waals surface area contributed by atoms with E-state index in [2.05, 4.69) is 15.2 Å². The molecule has 1 aliphatic heterocycles. The van der Waals surface area contributed by atoms with Gasteiger partial charge >= 0.3 is 6.09 Å². The van der Waals surface area contributed by atoms with Crippen molar-refractivity contribution in [3.63, 3.8) is 0 Å². The van der Waals surface area contributed by atoms with Crippen LogP contribution in [0.2, 0.25) is 0 Å². The summed E-state index contributed by atoms with van der Waals surface area (Å²) >= 11 is 0. The van der Waals surface area contributed by atoms with Crippen LogP contribution in [0, 0.1) is 0 Å². The molecule has 1 aliphatic rings. The summed E-state index contributed by atoms with van der Waals surface area (Å²) in [6, 6.07) is 3.91. The van der Waals surface area contributed by atoms with Gasteiger partial charge in [0.15, 0.2) is 0 Å². The molecule has 0 saturated carbocycles. The van der Waals surface area contributed by atoms with Gasteiger partial charge in [-0.15, -0.1) is 0 Å². The first kappa shape index (κ1) is 10.7. The number of rotatable bonds is 2. The Bertz CT molecular complexity index is 356. The zero-order chi connectivity index (χ0) is 11.4. The minimum atomic E-state index is -0.946. The average molecular weight is 221 g/mol. The molecule has 5 nitrogen and oxygen atoms in total. The van der Waals surface area contributed by atoms with Gasteiger partial charge in [0.05, 0.1) is 11.9 Å². The predicted molar refractivity (Wildman–Crippen MR) is 60.6 cm³/mol. The van der Waals surface area contributed by atoms with Gasteiger partial charge in [0.1, 0.15) is 0 Å². The molecule has 0 spiro atoms. The van der Waals surface area contributed by atoms with Crippen molar-refractivity contribution in [1.29, 1.82) is 0 Å². The van der Waals surface area contributed by atoms with Crippen LogP contribution in [0.5, 0.6) is 0 Å². The lowest BCUT2D eigenvalue weighted by atomic mass is 10.1. The van der Waals surface area contributed by atoms with Crippen molar-refractivity contribution < 1.29 is 9.90 Å². The number of pyridine rings is 1. The highest BCUT2D eigenvalue weighted by molar-refractivity contribution is 5.65. The molecule has 2 heterocycles. The van der Waals surface area contributed by atoms with Crippen molar-refractivity contribution >= 4 is 11.8 Å². The Balaban J connectivity index is 1.99. The third kappa shape index (κ3) is 2.62. The van der Waals surface area contributed by atoms with Gasteiger partial charge in [-0.3, -0.25) is 4.98 Å². The van der Waals surface area contributed by atoms with Gasteiger partial charge in [-0.05, 0) is 25.0 Å². The van der Waals surface area contributed by atoms with Crippen LogP contribution in [0.4, 0.5) is 10.5 Å². The molecule has 86 valence electrons. The lowest BCUT2D eigenvalue weighted by molar-refractivity contribution is 0.188. The number of anilines is 1. The zero-order valence-electron chi connectivity index (χ0n) is 8.97. The maximum absolute atomic E-state index is 10.6. The number of hydrogen-bond donors (Lipinski definition) is 2. The molecule has 1 fully saturated rings. The molecule has 1 aromatic rings. The maximum Gasteiger partial charge on any atom is 0.404 e. The Morgan fingerprint density at radius 2 is 2.50 bits per heavy atom. The fourth-order valence-electron chi connectivity index (χ4n) is 2.04. The number of nitrogens with one attached hydrogen (secondary N) is 1. The Morgan fingerprint density at radius 1 is 1.62 bits per heavy atom. The van der Waals surface area contributed by atoms with Crippen molar-refractivity contribution in [1.82, 2.24) is 10.3 Å². The van der Waals surface area contributed by atoms with Crippen LogP contribution >= 0.6 is 0 Å². The summed E-state index contributed by atoms with van der Waals surface area (Å²) < 4.78 is 0. The van der Waals surface area contributed by atoms with Crippen LogP contribution in [-0.4, -0.2) is 35.3 Å². The first-order valence-corrected chi connectivity index (χ1v) is 5.40. The number of carboxylic acid groups (broad SMARTS) is 1. The van der Waals surface area contributed by atoms with Crippen LogP contribution in [0.3, 0.4) is 0 Å². The quantitative estimate of drug-likeness (QED) is 0.790. The smallest absolute Gasteiger partial charge is 0.404 e. The highest BCUT2D eigenvalue weighted by Crippen LogP contribution is 2.18. The first-order chi connectivity index (χ1) is 7.75. The molecule has 0 aliphatic carbocycles. The Hall–Kier alpha value is -1.78. The molecule has 1 aromatic heterocycles. The summed E-state index contributed by atoms with van der Waals surface area (Å²) in [4.78, 5) is 16.8. The summed E-state index contributed by atoms with van der Waals surface area (Å²) in [5.41, 5.74) is 1.05. The van der Waals surface area contributed by atoms with E-state index in [1.54, 1.807) is 6.20 Å². The van der Waals surface area contributed by atoms with E-state index in [4.69, 9.17) is 5.11 Å². The van der Waals surface area contributed by atoms with E-state index in [1.807, 2.05) is 18.3 Å². The number of nitrogens with zero attached hydrogens (tertiary/aromatic N) is 2. The van der Waals surface area contributed by atoms with Crippen molar-refractivity contribution in [2.24, 2.45) is 0 Å². The molecule has 16 heavy (non-hydrogen) atoms. The summed E-state index contributed by atoms with van der Waals surface area (Å²) in [5.74, 6) is 0. The van der Waals surface area contributed by atoms with Crippen LogP contribution in [-0.2, 0) is 0 Å². The fourth-order valence-corrected chi connectivity index (χ4v) is 2.04. The average Bonchev–Trinajstić information content (AvgIpc) is 2.30. The lowest BCUT2D eigenvalue weighted by Crippen LogP contribution is -2.47. The SMILES string of the molecule is O=C(O)N[C@H]1CCCN(c2cccnc2)C1. The topological polar surface area (TPSA) is 65.5 Å². The van der Waals surface area contributed by atoms with E-state index in [0.29, 0.717) is 0 Å². The van der Waals surface area contributed by atoms with Crippen molar-refractivity contribution in [2.45, 2.75) is 18.9 Å². The van der Waals surface area contributed by atoms with E-state index in [0.717, 1.165) is 31.6 Å². The molecule has 0 bridgehead atoms. The fraction of sp³-hybridized carbons (Fsp3) is 0.455. The molecule has 5 heteroatoms. The van der Waals surface area contributed by atoms with Gasteiger partial charge in [0, 0.05) is 25.3 Å². The molecule has 0 radical (unpaired) electrons. The number of aromatic nitrogens is 1. The van der Waals surface area contributed by atoms with E-state index >= 15 is 0 Å². The van der Waals surface area contributed by atoms with Gasteiger partial charge in [0.2, 0.25) is 0 Å². The van der Waals surface area contributed by atoms with E-state index in [-0.39, 0.29) is 6.04 Å². The third-order valence-electron chi connectivity index (χ3n) is 2.76. The van der Waals surface area contributed by atoms with E-state index < -0.39 is 6.09 Å². The highest BCUT2D eigenvalue weighted by atomic mass is 16.4. The summed E-state index contributed by atoms with van der Waals surface area (Å²) in [6.45, 7) is 1.68. The van der Waals surface area contributed by atoms with E-state index in [1.165, 1.54) is 0 Å². The Labute approximate surface area is 94.1 Å². The molecule has 1 atom stereocenters.